The van der Waals surface area contributed by atoms with Crippen LogP contribution in [0.15, 0.2) is 18.2 Å². The van der Waals surface area contributed by atoms with E-state index in [0.29, 0.717) is 0 Å². The monoisotopic (exact) mass is 288 g/mol. The lowest BCUT2D eigenvalue weighted by atomic mass is 10.1. The second-order valence-corrected chi connectivity index (χ2v) is 6.65. The van der Waals surface area contributed by atoms with Gasteiger partial charge in [0.15, 0.2) is 11.5 Å². The molecule has 0 radical (unpaired) electrons. The minimum absolute atomic E-state index is 0.102. The van der Waals surface area contributed by atoms with Crippen LogP contribution in [0.1, 0.15) is 11.7 Å². The van der Waals surface area contributed by atoms with Gasteiger partial charge in [-0.1, -0.05) is 6.07 Å². The summed E-state index contributed by atoms with van der Waals surface area (Å²) in [5.41, 5.74) is 0.955. The Morgan fingerprint density at radius 3 is 2.72 bits per heavy atom. The molecule has 0 spiro atoms. The number of methoxy groups -OCH3 is 1. The highest BCUT2D eigenvalue weighted by Gasteiger charge is 2.27. The zero-order valence-electron chi connectivity index (χ0n) is 10.5. The van der Waals surface area contributed by atoms with Crippen molar-refractivity contribution < 1.29 is 18.4 Å². The van der Waals surface area contributed by atoms with Crippen molar-refractivity contribution in [3.05, 3.63) is 23.8 Å². The van der Waals surface area contributed by atoms with Gasteiger partial charge in [-0.2, -0.15) is 0 Å². The van der Waals surface area contributed by atoms with E-state index in [9.17, 15) is 4.21 Å². The Morgan fingerprint density at radius 2 is 2.11 bits per heavy atom. The molecule has 4 nitrogen and oxygen atoms in total. The van der Waals surface area contributed by atoms with Gasteiger partial charge in [0.05, 0.1) is 0 Å². The Kier molecular flexibility index (Phi) is 4.53. The van der Waals surface area contributed by atoms with Gasteiger partial charge in [0.1, 0.15) is 10.7 Å². The molecule has 0 N–H and O–H groups in total. The summed E-state index contributed by atoms with van der Waals surface area (Å²) in [4.78, 5) is 0. The fourth-order valence-corrected chi connectivity index (χ4v) is 4.14. The topological polar surface area (TPSA) is 44.8 Å². The van der Waals surface area contributed by atoms with Crippen molar-refractivity contribution in [2.45, 2.75) is 10.7 Å². The summed E-state index contributed by atoms with van der Waals surface area (Å²) < 4.78 is 27.8. The van der Waals surface area contributed by atoms with E-state index in [1.807, 2.05) is 24.5 Å². The van der Waals surface area contributed by atoms with Crippen LogP contribution in [0, 0.1) is 0 Å². The third-order valence-corrected chi connectivity index (χ3v) is 5.79. The van der Waals surface area contributed by atoms with Crippen LogP contribution >= 0.6 is 11.8 Å². The van der Waals surface area contributed by atoms with Gasteiger partial charge in [0.25, 0.3) is 0 Å². The van der Waals surface area contributed by atoms with Crippen LogP contribution in [0.2, 0.25) is 0 Å². The van der Waals surface area contributed by atoms with Crippen LogP contribution in [0.25, 0.3) is 0 Å². The molecule has 1 aliphatic rings. The molecule has 6 heteroatoms. The third-order valence-electron chi connectivity index (χ3n) is 2.79. The lowest BCUT2D eigenvalue weighted by Crippen LogP contribution is -2.21. The molecule has 0 aromatic heterocycles. The minimum Gasteiger partial charge on any atom is -0.454 e. The molecular formula is C12H16O4S2. The molecule has 0 saturated heterocycles. The molecule has 0 fully saturated rings. The van der Waals surface area contributed by atoms with E-state index < -0.39 is 10.8 Å². The average molecular weight is 288 g/mol. The maximum absolute atomic E-state index is 11.7. The van der Waals surface area contributed by atoms with Gasteiger partial charge in [0.2, 0.25) is 6.79 Å². The molecule has 2 rings (SSSR count). The first kappa shape index (κ1) is 13.7. The average Bonchev–Trinajstić information content (AvgIpc) is 2.82. The van der Waals surface area contributed by atoms with Gasteiger partial charge in [-0.3, -0.25) is 4.21 Å². The molecule has 0 bridgehead atoms. The SMILES string of the molecule is COC(c1ccc2c(c1)OCO2)C(SC)S(C)=O. The van der Waals surface area contributed by atoms with Crippen molar-refractivity contribution in [2.24, 2.45) is 0 Å². The Morgan fingerprint density at radius 1 is 1.39 bits per heavy atom. The molecule has 1 aliphatic heterocycles. The van der Waals surface area contributed by atoms with E-state index >= 15 is 0 Å². The molecular weight excluding hydrogens is 272 g/mol. The summed E-state index contributed by atoms with van der Waals surface area (Å²) >= 11 is 1.54. The fourth-order valence-electron chi connectivity index (χ4n) is 1.93. The van der Waals surface area contributed by atoms with Gasteiger partial charge in [0, 0.05) is 24.2 Å². The van der Waals surface area contributed by atoms with Crippen LogP contribution in [0.3, 0.4) is 0 Å². The van der Waals surface area contributed by atoms with Crippen molar-refractivity contribution in [3.8, 4) is 11.5 Å². The smallest absolute Gasteiger partial charge is 0.231 e. The number of hydrogen-bond acceptors (Lipinski definition) is 5. The quantitative estimate of drug-likeness (QED) is 0.831. The van der Waals surface area contributed by atoms with Crippen molar-refractivity contribution in [3.63, 3.8) is 0 Å². The number of ether oxygens (including phenoxy) is 3. The summed E-state index contributed by atoms with van der Waals surface area (Å²) in [5, 5.41) is 0. The van der Waals surface area contributed by atoms with Crippen LogP contribution < -0.4 is 9.47 Å². The predicted octanol–water partition coefficient (Wildman–Crippen LogP) is 2.17. The van der Waals surface area contributed by atoms with E-state index in [-0.39, 0.29) is 17.5 Å². The standard InChI is InChI=1S/C12H16O4S2/c1-14-11(12(17-2)18(3)13)8-4-5-9-10(6-8)16-7-15-9/h4-6,11-12H,7H2,1-3H3. The summed E-state index contributed by atoms with van der Waals surface area (Å²) in [5.74, 6) is 1.46. The molecule has 0 amide bonds. The Labute approximate surface area is 113 Å². The summed E-state index contributed by atoms with van der Waals surface area (Å²) in [6.45, 7) is 0.252. The molecule has 18 heavy (non-hydrogen) atoms. The molecule has 100 valence electrons. The molecule has 3 atom stereocenters. The van der Waals surface area contributed by atoms with Gasteiger partial charge >= 0.3 is 0 Å². The number of hydrogen-bond donors (Lipinski definition) is 0. The van der Waals surface area contributed by atoms with E-state index in [2.05, 4.69) is 0 Å². The number of thioether (sulfide) groups is 1. The van der Waals surface area contributed by atoms with Crippen LogP contribution in [-0.2, 0) is 15.5 Å². The van der Waals surface area contributed by atoms with Crippen molar-refractivity contribution in [1.82, 2.24) is 0 Å². The Bertz CT molecular complexity index is 450. The molecule has 0 saturated carbocycles. The Hall–Kier alpha value is -0.720. The molecule has 1 aromatic carbocycles. The normalized spacial score (nSPS) is 18.4. The third kappa shape index (κ3) is 2.65. The van der Waals surface area contributed by atoms with Crippen LogP contribution in [0.5, 0.6) is 11.5 Å². The summed E-state index contributed by atoms with van der Waals surface area (Å²) in [7, 11) is 0.664. The van der Waals surface area contributed by atoms with Crippen molar-refractivity contribution in [1.29, 1.82) is 0 Å². The molecule has 1 aromatic rings. The first-order chi connectivity index (χ1) is 8.67. The predicted molar refractivity (Wildman–Crippen MR) is 73.7 cm³/mol. The fraction of sp³-hybridized carbons (Fsp3) is 0.500. The Balaban J connectivity index is 2.29. The van der Waals surface area contributed by atoms with Gasteiger partial charge in [-0.25, -0.2) is 0 Å². The lowest BCUT2D eigenvalue weighted by Gasteiger charge is -2.23. The summed E-state index contributed by atoms with van der Waals surface area (Å²) in [6.07, 6.45) is 3.41. The lowest BCUT2D eigenvalue weighted by molar-refractivity contribution is 0.116. The van der Waals surface area contributed by atoms with Gasteiger partial charge in [-0.05, 0) is 24.0 Å². The zero-order chi connectivity index (χ0) is 13.1. The maximum Gasteiger partial charge on any atom is 0.231 e. The summed E-state index contributed by atoms with van der Waals surface area (Å²) in [6, 6.07) is 5.68. The highest BCUT2D eigenvalue weighted by molar-refractivity contribution is 8.10. The highest BCUT2D eigenvalue weighted by atomic mass is 32.2. The van der Waals surface area contributed by atoms with Crippen molar-refractivity contribution >= 4 is 22.6 Å². The first-order valence-electron chi connectivity index (χ1n) is 5.44. The van der Waals surface area contributed by atoms with E-state index in [0.717, 1.165) is 17.1 Å². The van der Waals surface area contributed by atoms with Gasteiger partial charge < -0.3 is 14.2 Å². The van der Waals surface area contributed by atoms with Gasteiger partial charge in [-0.15, -0.1) is 11.8 Å². The van der Waals surface area contributed by atoms with E-state index in [4.69, 9.17) is 14.2 Å². The van der Waals surface area contributed by atoms with Crippen LogP contribution in [0.4, 0.5) is 0 Å². The van der Waals surface area contributed by atoms with Crippen LogP contribution in [-0.4, -0.2) is 35.2 Å². The van der Waals surface area contributed by atoms with E-state index in [1.54, 1.807) is 25.1 Å². The van der Waals surface area contributed by atoms with E-state index in [1.165, 1.54) is 0 Å². The number of fused-ring (bicyclic) bond motifs is 1. The molecule has 3 unspecified atom stereocenters. The number of rotatable bonds is 5. The maximum atomic E-state index is 11.7. The molecule has 1 heterocycles. The zero-order valence-corrected chi connectivity index (χ0v) is 12.2. The minimum atomic E-state index is -0.966. The highest BCUT2D eigenvalue weighted by Crippen LogP contribution is 2.37. The number of benzene rings is 1. The largest absolute Gasteiger partial charge is 0.454 e. The second-order valence-electron chi connectivity index (χ2n) is 3.87. The second kappa shape index (κ2) is 5.95. The molecule has 0 aliphatic carbocycles. The first-order valence-corrected chi connectivity index (χ1v) is 8.35. The van der Waals surface area contributed by atoms with Crippen molar-refractivity contribution in [2.75, 3.05) is 26.4 Å².